The Hall–Kier alpha value is -2.57. The fourth-order valence-corrected chi connectivity index (χ4v) is 2.02. The number of rotatable bonds is 2. The molecule has 0 aliphatic rings. The number of nitrogens with zero attached hydrogens (tertiary/aromatic N) is 3. The third kappa shape index (κ3) is 1.97. The molecule has 0 saturated carbocycles. The molecule has 0 bridgehead atoms. The number of aromatic nitrogens is 4. The minimum atomic E-state index is -0.627. The van der Waals surface area contributed by atoms with Crippen LogP contribution in [0.5, 0.6) is 0 Å². The second kappa shape index (κ2) is 4.52. The van der Waals surface area contributed by atoms with Gasteiger partial charge in [0.25, 0.3) is 0 Å². The van der Waals surface area contributed by atoms with Crippen LogP contribution in [-0.2, 0) is 6.42 Å². The van der Waals surface area contributed by atoms with Gasteiger partial charge in [0, 0.05) is 12.0 Å². The highest BCUT2D eigenvalue weighted by Gasteiger charge is 2.15. The van der Waals surface area contributed by atoms with E-state index in [1.807, 2.05) is 0 Å². The number of halogens is 2. The van der Waals surface area contributed by atoms with Crippen molar-refractivity contribution in [3.05, 3.63) is 47.0 Å². The summed E-state index contributed by atoms with van der Waals surface area (Å²) in [5, 5.41) is 0. The summed E-state index contributed by atoms with van der Waals surface area (Å²) in [6.45, 7) is 1.57. The Balaban J connectivity index is 2.07. The van der Waals surface area contributed by atoms with E-state index in [0.717, 1.165) is 0 Å². The van der Waals surface area contributed by atoms with Gasteiger partial charge >= 0.3 is 0 Å². The molecular weight excluding hydrogens is 264 g/mol. The fraction of sp³-hybridized carbons (Fsp3) is 0.154. The summed E-state index contributed by atoms with van der Waals surface area (Å²) in [4.78, 5) is 15.0. The lowest BCUT2D eigenvalue weighted by molar-refractivity contribution is 0.553. The lowest BCUT2D eigenvalue weighted by Gasteiger charge is -2.07. The Kier molecular flexibility index (Phi) is 2.81. The maximum absolute atomic E-state index is 14.0. The van der Waals surface area contributed by atoms with Gasteiger partial charge < -0.3 is 10.7 Å². The Morgan fingerprint density at radius 3 is 2.85 bits per heavy atom. The molecule has 0 saturated heterocycles. The molecule has 3 aromatic rings. The van der Waals surface area contributed by atoms with E-state index in [1.165, 1.54) is 18.5 Å². The number of nitrogens with one attached hydrogen (secondary N) is 1. The smallest absolute Gasteiger partial charge is 0.183 e. The molecule has 0 atom stereocenters. The normalized spacial score (nSPS) is 11.2. The van der Waals surface area contributed by atoms with Gasteiger partial charge in [0.2, 0.25) is 0 Å². The summed E-state index contributed by atoms with van der Waals surface area (Å²) in [7, 11) is 0. The summed E-state index contributed by atoms with van der Waals surface area (Å²) in [5.41, 5.74) is 6.94. The maximum atomic E-state index is 14.0. The van der Waals surface area contributed by atoms with E-state index in [-0.39, 0.29) is 23.6 Å². The molecule has 0 spiro atoms. The van der Waals surface area contributed by atoms with Crippen molar-refractivity contribution in [2.24, 2.45) is 0 Å². The first-order valence-corrected chi connectivity index (χ1v) is 5.95. The van der Waals surface area contributed by atoms with Crippen molar-refractivity contribution >= 4 is 17.0 Å². The van der Waals surface area contributed by atoms with Crippen LogP contribution in [0.25, 0.3) is 11.2 Å². The summed E-state index contributed by atoms with van der Waals surface area (Å²) < 4.78 is 27.7. The Morgan fingerprint density at radius 1 is 1.25 bits per heavy atom. The molecule has 3 rings (SSSR count). The van der Waals surface area contributed by atoms with Gasteiger partial charge in [-0.3, -0.25) is 0 Å². The monoisotopic (exact) mass is 275 g/mol. The molecule has 2 aromatic heterocycles. The molecule has 0 radical (unpaired) electrons. The number of imidazole rings is 1. The van der Waals surface area contributed by atoms with Gasteiger partial charge in [-0.1, -0.05) is 6.07 Å². The molecule has 0 unspecified atom stereocenters. The molecule has 7 heteroatoms. The third-order valence-corrected chi connectivity index (χ3v) is 3.07. The van der Waals surface area contributed by atoms with Crippen molar-refractivity contribution in [3.63, 3.8) is 0 Å². The first kappa shape index (κ1) is 12.5. The average Bonchev–Trinajstić information content (AvgIpc) is 2.88. The topological polar surface area (TPSA) is 80.5 Å². The fourth-order valence-electron chi connectivity index (χ4n) is 2.02. The number of nitrogens with two attached hydrogens (primary N) is 1. The number of benzene rings is 1. The highest BCUT2D eigenvalue weighted by molar-refractivity contribution is 5.80. The zero-order chi connectivity index (χ0) is 14.3. The molecule has 1 aromatic carbocycles. The van der Waals surface area contributed by atoms with Gasteiger partial charge in [0.1, 0.15) is 23.0 Å². The van der Waals surface area contributed by atoms with E-state index in [9.17, 15) is 8.78 Å². The minimum Gasteiger partial charge on any atom is -0.382 e. The molecule has 0 aliphatic carbocycles. The number of nitrogen functional groups attached to an aromatic ring is 1. The van der Waals surface area contributed by atoms with Crippen LogP contribution in [0, 0.1) is 18.6 Å². The van der Waals surface area contributed by atoms with Gasteiger partial charge in [-0.2, -0.15) is 0 Å². The summed E-state index contributed by atoms with van der Waals surface area (Å²) >= 11 is 0. The van der Waals surface area contributed by atoms with E-state index < -0.39 is 11.6 Å². The first-order valence-electron chi connectivity index (χ1n) is 5.95. The van der Waals surface area contributed by atoms with Crippen LogP contribution < -0.4 is 5.73 Å². The van der Waals surface area contributed by atoms with Crippen LogP contribution in [0.3, 0.4) is 0 Å². The third-order valence-electron chi connectivity index (χ3n) is 3.07. The van der Waals surface area contributed by atoms with Gasteiger partial charge in [0.15, 0.2) is 11.5 Å². The first-order chi connectivity index (χ1) is 9.56. The number of hydrogen-bond acceptors (Lipinski definition) is 4. The predicted molar refractivity (Wildman–Crippen MR) is 70.0 cm³/mol. The van der Waals surface area contributed by atoms with Crippen molar-refractivity contribution in [1.29, 1.82) is 0 Å². The second-order valence-corrected chi connectivity index (χ2v) is 4.46. The predicted octanol–water partition coefficient (Wildman–Crippen LogP) is 2.11. The quantitative estimate of drug-likeness (QED) is 0.750. The molecule has 2 heterocycles. The Bertz CT molecular complexity index is 797. The second-order valence-electron chi connectivity index (χ2n) is 4.46. The molecule has 0 amide bonds. The van der Waals surface area contributed by atoms with Crippen LogP contribution in [0.2, 0.25) is 0 Å². The number of fused-ring (bicyclic) bond motifs is 1. The lowest BCUT2D eigenvalue weighted by Crippen LogP contribution is -2.05. The van der Waals surface area contributed by atoms with Crippen molar-refractivity contribution in [1.82, 2.24) is 19.9 Å². The summed E-state index contributed by atoms with van der Waals surface area (Å²) in [6, 6.07) is 2.62. The standard InChI is InChI=1S/C13H11F2N5/c1-6-2-3-8(14)7(10(6)15)4-9-19-12(16)11-13(20-9)18-5-17-11/h2-3,5H,4H2,1H3,(H3,16,17,18,19,20). The van der Waals surface area contributed by atoms with Crippen LogP contribution in [0.1, 0.15) is 17.0 Å². The molecule has 5 nitrogen and oxygen atoms in total. The molecule has 0 fully saturated rings. The number of aryl methyl sites for hydroxylation is 1. The number of H-pyrrole nitrogens is 1. The van der Waals surface area contributed by atoms with Crippen molar-refractivity contribution < 1.29 is 8.78 Å². The molecule has 3 N–H and O–H groups in total. The maximum Gasteiger partial charge on any atom is 0.183 e. The zero-order valence-corrected chi connectivity index (χ0v) is 10.6. The largest absolute Gasteiger partial charge is 0.382 e. The van der Waals surface area contributed by atoms with E-state index >= 15 is 0 Å². The lowest BCUT2D eigenvalue weighted by atomic mass is 10.1. The van der Waals surface area contributed by atoms with E-state index in [1.54, 1.807) is 6.92 Å². The molecular formula is C13H11F2N5. The average molecular weight is 275 g/mol. The van der Waals surface area contributed by atoms with Crippen molar-refractivity contribution in [2.75, 3.05) is 5.73 Å². The summed E-state index contributed by atoms with van der Waals surface area (Å²) in [5.74, 6) is -0.784. The highest BCUT2D eigenvalue weighted by Crippen LogP contribution is 2.20. The van der Waals surface area contributed by atoms with Gasteiger partial charge in [0.05, 0.1) is 6.33 Å². The molecule has 0 aliphatic heterocycles. The van der Waals surface area contributed by atoms with E-state index in [4.69, 9.17) is 5.73 Å². The van der Waals surface area contributed by atoms with Crippen LogP contribution in [0.4, 0.5) is 14.6 Å². The number of hydrogen-bond donors (Lipinski definition) is 2. The van der Waals surface area contributed by atoms with Crippen molar-refractivity contribution in [3.8, 4) is 0 Å². The highest BCUT2D eigenvalue weighted by atomic mass is 19.1. The number of aromatic amines is 1. The number of anilines is 1. The molecule has 20 heavy (non-hydrogen) atoms. The van der Waals surface area contributed by atoms with Crippen LogP contribution in [0.15, 0.2) is 18.5 Å². The van der Waals surface area contributed by atoms with Crippen LogP contribution >= 0.6 is 0 Å². The van der Waals surface area contributed by atoms with Crippen LogP contribution in [-0.4, -0.2) is 19.9 Å². The van der Waals surface area contributed by atoms with Crippen molar-refractivity contribution in [2.45, 2.75) is 13.3 Å². The van der Waals surface area contributed by atoms with Gasteiger partial charge in [-0.05, 0) is 18.6 Å². The Labute approximate surface area is 112 Å². The zero-order valence-electron chi connectivity index (χ0n) is 10.6. The Morgan fingerprint density at radius 2 is 2.05 bits per heavy atom. The summed E-state index contributed by atoms with van der Waals surface area (Å²) in [6.07, 6.45) is 1.36. The molecule has 102 valence electrons. The van der Waals surface area contributed by atoms with Gasteiger partial charge in [-0.25, -0.2) is 23.7 Å². The SMILES string of the molecule is Cc1ccc(F)c(Cc2nc(N)c3[nH]cnc3n2)c1F. The van der Waals surface area contributed by atoms with E-state index in [0.29, 0.717) is 16.7 Å². The van der Waals surface area contributed by atoms with E-state index in [2.05, 4.69) is 19.9 Å². The minimum absolute atomic E-state index is 0.0701. The van der Waals surface area contributed by atoms with Gasteiger partial charge in [-0.15, -0.1) is 0 Å².